The van der Waals surface area contributed by atoms with Crippen molar-refractivity contribution in [2.45, 2.75) is 26.4 Å². The molecule has 1 aromatic heterocycles. The Hall–Kier alpha value is -3.09. The van der Waals surface area contributed by atoms with Crippen molar-refractivity contribution in [1.29, 1.82) is 0 Å². The third kappa shape index (κ3) is 5.45. The summed E-state index contributed by atoms with van der Waals surface area (Å²) in [4.78, 5) is 30.0. The fourth-order valence-corrected chi connectivity index (χ4v) is 3.17. The van der Waals surface area contributed by atoms with E-state index in [0.717, 1.165) is 18.4 Å². The largest absolute Gasteiger partial charge is 0.445 e. The Kier molecular flexibility index (Phi) is 6.47. The molecular weight excluding hydrogens is 356 g/mol. The van der Waals surface area contributed by atoms with Crippen LogP contribution in [0.15, 0.2) is 42.6 Å². The van der Waals surface area contributed by atoms with E-state index in [4.69, 9.17) is 10.5 Å². The molecule has 148 valence electrons. The highest BCUT2D eigenvalue weighted by molar-refractivity contribution is 5.94. The first-order chi connectivity index (χ1) is 13.5. The predicted octanol–water partition coefficient (Wildman–Crippen LogP) is 2.75. The Bertz CT molecular complexity index is 815. The van der Waals surface area contributed by atoms with Crippen molar-refractivity contribution in [3.05, 3.63) is 59.3 Å². The van der Waals surface area contributed by atoms with Crippen LogP contribution < -0.4 is 11.1 Å². The number of carbonyl (C=O) groups excluding carboxylic acids is 2. The van der Waals surface area contributed by atoms with Crippen molar-refractivity contribution in [2.24, 2.45) is 5.92 Å². The van der Waals surface area contributed by atoms with Crippen LogP contribution in [0.2, 0.25) is 0 Å². The number of nitrogens with zero attached hydrogens (tertiary/aromatic N) is 2. The van der Waals surface area contributed by atoms with Crippen LogP contribution in [0.3, 0.4) is 0 Å². The minimum atomic E-state index is -0.282. The lowest BCUT2D eigenvalue weighted by atomic mass is 9.97. The number of pyridine rings is 1. The highest BCUT2D eigenvalue weighted by Gasteiger charge is 2.24. The van der Waals surface area contributed by atoms with Crippen LogP contribution in [0.5, 0.6) is 0 Å². The van der Waals surface area contributed by atoms with E-state index >= 15 is 0 Å². The number of piperidine rings is 1. The molecule has 0 unspecified atom stereocenters. The number of nitrogens with two attached hydrogens (primary N) is 1. The summed E-state index contributed by atoms with van der Waals surface area (Å²) in [5, 5.41) is 2.93. The zero-order valence-corrected chi connectivity index (χ0v) is 16.1. The summed E-state index contributed by atoms with van der Waals surface area (Å²) in [5.41, 5.74) is 8.27. The summed E-state index contributed by atoms with van der Waals surface area (Å²) in [7, 11) is 0. The molecule has 0 spiro atoms. The molecule has 1 saturated heterocycles. The molecular formula is C21H26N4O3. The Labute approximate surface area is 164 Å². The number of carbonyl (C=O) groups is 2. The third-order valence-electron chi connectivity index (χ3n) is 4.95. The number of benzene rings is 1. The average molecular weight is 382 g/mol. The number of likely N-dealkylation sites (tertiary alicyclic amines) is 1. The van der Waals surface area contributed by atoms with Crippen molar-refractivity contribution in [3.63, 3.8) is 0 Å². The second kappa shape index (κ2) is 9.21. The van der Waals surface area contributed by atoms with Crippen LogP contribution in [0.1, 0.15) is 34.3 Å². The van der Waals surface area contributed by atoms with Gasteiger partial charge in [-0.3, -0.25) is 4.79 Å². The van der Waals surface area contributed by atoms with E-state index in [2.05, 4.69) is 10.3 Å². The molecule has 2 amide bonds. The summed E-state index contributed by atoms with van der Waals surface area (Å²) in [6.07, 6.45) is 2.90. The number of hydrogen-bond acceptors (Lipinski definition) is 5. The molecule has 28 heavy (non-hydrogen) atoms. The average Bonchev–Trinajstić information content (AvgIpc) is 2.71. The van der Waals surface area contributed by atoms with Gasteiger partial charge in [-0.05, 0) is 43.4 Å². The van der Waals surface area contributed by atoms with E-state index in [1.54, 1.807) is 17.0 Å². The first-order valence-corrected chi connectivity index (χ1v) is 9.48. The normalized spacial score (nSPS) is 14.5. The van der Waals surface area contributed by atoms with Crippen LogP contribution in [-0.2, 0) is 11.3 Å². The van der Waals surface area contributed by atoms with Crippen molar-refractivity contribution >= 4 is 17.8 Å². The number of nitrogen functional groups attached to an aromatic ring is 1. The van der Waals surface area contributed by atoms with Gasteiger partial charge in [0.05, 0.1) is 0 Å². The molecule has 1 fully saturated rings. The first kappa shape index (κ1) is 19.7. The Morgan fingerprint density at radius 3 is 2.61 bits per heavy atom. The second-order valence-corrected chi connectivity index (χ2v) is 7.15. The van der Waals surface area contributed by atoms with Crippen molar-refractivity contribution in [1.82, 2.24) is 15.2 Å². The minimum absolute atomic E-state index is 0.158. The van der Waals surface area contributed by atoms with Gasteiger partial charge in [0.25, 0.3) is 5.91 Å². The van der Waals surface area contributed by atoms with Crippen molar-refractivity contribution < 1.29 is 14.3 Å². The van der Waals surface area contributed by atoms with Gasteiger partial charge in [0.2, 0.25) is 0 Å². The molecule has 1 aromatic carbocycles. The standard InChI is InChI=1S/C21H26N4O3/c1-15-2-4-17(5-3-15)14-28-21(27)25-10-7-16(8-11-25)13-24-20(26)18-6-9-23-19(22)12-18/h2-6,9,12,16H,7-8,10-11,13-14H2,1H3,(H2,22,23)(H,24,26). The fraction of sp³-hybridized carbons (Fsp3) is 0.381. The van der Waals surface area contributed by atoms with Crippen molar-refractivity contribution in [3.8, 4) is 0 Å². The Morgan fingerprint density at radius 2 is 1.93 bits per heavy atom. The molecule has 0 aliphatic carbocycles. The lowest BCUT2D eigenvalue weighted by Gasteiger charge is -2.31. The van der Waals surface area contributed by atoms with Gasteiger partial charge < -0.3 is 20.7 Å². The van der Waals surface area contributed by atoms with Crippen LogP contribution in [0, 0.1) is 12.8 Å². The Balaban J connectivity index is 1.38. The van der Waals surface area contributed by atoms with Gasteiger partial charge in [-0.25, -0.2) is 9.78 Å². The van der Waals surface area contributed by atoms with E-state index in [-0.39, 0.29) is 18.6 Å². The number of anilines is 1. The first-order valence-electron chi connectivity index (χ1n) is 9.48. The number of rotatable bonds is 5. The molecule has 1 aliphatic heterocycles. The summed E-state index contributed by atoms with van der Waals surface area (Å²) in [5.74, 6) is 0.503. The maximum atomic E-state index is 12.2. The predicted molar refractivity (Wildman–Crippen MR) is 107 cm³/mol. The van der Waals surface area contributed by atoms with E-state index in [1.165, 1.54) is 11.8 Å². The minimum Gasteiger partial charge on any atom is -0.445 e. The lowest BCUT2D eigenvalue weighted by Crippen LogP contribution is -2.41. The zero-order valence-electron chi connectivity index (χ0n) is 16.1. The molecule has 2 aromatic rings. The van der Waals surface area contributed by atoms with Crippen LogP contribution in [0.25, 0.3) is 0 Å². The van der Waals surface area contributed by atoms with E-state index in [0.29, 0.717) is 36.9 Å². The van der Waals surface area contributed by atoms with Gasteiger partial charge in [0, 0.05) is 31.4 Å². The quantitative estimate of drug-likeness (QED) is 0.829. The highest BCUT2D eigenvalue weighted by atomic mass is 16.6. The molecule has 0 saturated carbocycles. The summed E-state index contributed by atoms with van der Waals surface area (Å²) in [6.45, 7) is 4.15. The number of aryl methyl sites for hydroxylation is 1. The van der Waals surface area contributed by atoms with Gasteiger partial charge in [-0.15, -0.1) is 0 Å². The molecule has 3 rings (SSSR count). The molecule has 0 radical (unpaired) electrons. The van der Waals surface area contributed by atoms with Gasteiger partial charge in [-0.2, -0.15) is 0 Å². The lowest BCUT2D eigenvalue weighted by molar-refractivity contribution is 0.0801. The number of nitrogens with one attached hydrogen (secondary N) is 1. The molecule has 3 N–H and O–H groups in total. The van der Waals surface area contributed by atoms with Crippen LogP contribution >= 0.6 is 0 Å². The van der Waals surface area contributed by atoms with E-state index in [1.807, 2.05) is 31.2 Å². The molecule has 0 atom stereocenters. The van der Waals surface area contributed by atoms with E-state index in [9.17, 15) is 9.59 Å². The third-order valence-corrected chi connectivity index (χ3v) is 4.95. The topological polar surface area (TPSA) is 97.5 Å². The summed E-state index contributed by atoms with van der Waals surface area (Å²) in [6, 6.07) is 11.1. The van der Waals surface area contributed by atoms with Gasteiger partial charge in [-0.1, -0.05) is 29.8 Å². The van der Waals surface area contributed by atoms with Crippen molar-refractivity contribution in [2.75, 3.05) is 25.4 Å². The maximum Gasteiger partial charge on any atom is 0.410 e. The molecule has 7 nitrogen and oxygen atoms in total. The van der Waals surface area contributed by atoms with E-state index < -0.39 is 0 Å². The van der Waals surface area contributed by atoms with Gasteiger partial charge >= 0.3 is 6.09 Å². The number of amides is 2. The monoisotopic (exact) mass is 382 g/mol. The SMILES string of the molecule is Cc1ccc(COC(=O)N2CCC(CNC(=O)c3ccnc(N)c3)CC2)cc1. The number of ether oxygens (including phenoxy) is 1. The maximum absolute atomic E-state index is 12.2. The summed E-state index contributed by atoms with van der Waals surface area (Å²) >= 11 is 0. The van der Waals surface area contributed by atoms with Gasteiger partial charge in [0.1, 0.15) is 12.4 Å². The zero-order chi connectivity index (χ0) is 19.9. The second-order valence-electron chi connectivity index (χ2n) is 7.15. The van der Waals surface area contributed by atoms with Crippen LogP contribution in [-0.4, -0.2) is 41.5 Å². The Morgan fingerprint density at radius 1 is 1.21 bits per heavy atom. The smallest absolute Gasteiger partial charge is 0.410 e. The molecule has 2 heterocycles. The van der Waals surface area contributed by atoms with Crippen LogP contribution in [0.4, 0.5) is 10.6 Å². The molecule has 0 bridgehead atoms. The highest BCUT2D eigenvalue weighted by Crippen LogP contribution is 2.18. The number of aromatic nitrogens is 1. The summed E-state index contributed by atoms with van der Waals surface area (Å²) < 4.78 is 5.41. The fourth-order valence-electron chi connectivity index (χ4n) is 3.17. The molecule has 7 heteroatoms. The van der Waals surface area contributed by atoms with Gasteiger partial charge in [0.15, 0.2) is 0 Å². The molecule has 1 aliphatic rings. The number of hydrogen-bond donors (Lipinski definition) is 2.